The average Bonchev–Trinajstić information content (AvgIpc) is 3.19. The van der Waals surface area contributed by atoms with Crippen LogP contribution in [-0.2, 0) is 4.74 Å². The summed E-state index contributed by atoms with van der Waals surface area (Å²) in [6.45, 7) is 0.764. The van der Waals surface area contributed by atoms with Crippen LogP contribution in [0.4, 0.5) is 0 Å². The minimum absolute atomic E-state index is 0.0494. The van der Waals surface area contributed by atoms with E-state index in [1.54, 1.807) is 6.20 Å². The quantitative estimate of drug-likeness (QED) is 0.354. The molecule has 1 fully saturated rings. The van der Waals surface area contributed by atoms with Crippen molar-refractivity contribution in [3.63, 3.8) is 0 Å². The lowest BCUT2D eigenvalue weighted by atomic mass is 10.1. The molecule has 0 saturated carbocycles. The van der Waals surface area contributed by atoms with Gasteiger partial charge in [-0.1, -0.05) is 23.7 Å². The summed E-state index contributed by atoms with van der Waals surface area (Å²) >= 11 is 9.73. The van der Waals surface area contributed by atoms with Gasteiger partial charge in [-0.2, -0.15) is 5.10 Å². The van der Waals surface area contributed by atoms with E-state index in [4.69, 9.17) is 26.4 Å². The number of aromatic nitrogens is 4. The van der Waals surface area contributed by atoms with Crippen molar-refractivity contribution in [3.05, 3.63) is 64.4 Å². The maximum Gasteiger partial charge on any atom is 0.150 e. The minimum Gasteiger partial charge on any atom is -0.357 e. The molecule has 1 unspecified atom stereocenters. The summed E-state index contributed by atoms with van der Waals surface area (Å²) in [4.78, 5) is 9.27. The Bertz CT molecular complexity index is 1190. The highest BCUT2D eigenvalue weighted by Gasteiger charge is 2.21. The number of halogens is 2. The molecule has 3 aromatic heterocycles. The Labute approximate surface area is 181 Å². The van der Waals surface area contributed by atoms with Crippen molar-refractivity contribution >= 4 is 38.6 Å². The molecule has 1 aliphatic heterocycles. The second-order valence-corrected chi connectivity index (χ2v) is 8.44. The fraction of sp³-hybridized carbons (Fsp3) is 0.227. The van der Waals surface area contributed by atoms with E-state index in [0.717, 1.165) is 63.9 Å². The molecule has 0 aliphatic carbocycles. The van der Waals surface area contributed by atoms with Crippen molar-refractivity contribution in [2.75, 3.05) is 6.61 Å². The van der Waals surface area contributed by atoms with E-state index < -0.39 is 0 Å². The molecule has 146 valence electrons. The Hall–Kier alpha value is -2.28. The van der Waals surface area contributed by atoms with Crippen LogP contribution in [0.25, 0.3) is 33.5 Å². The van der Waals surface area contributed by atoms with Gasteiger partial charge in [-0.05, 0) is 65.5 Å². The molecule has 0 bridgehead atoms. The Kier molecular flexibility index (Phi) is 5.08. The van der Waals surface area contributed by atoms with E-state index in [9.17, 15) is 0 Å². The smallest absolute Gasteiger partial charge is 0.150 e. The molecule has 0 spiro atoms. The summed E-state index contributed by atoms with van der Waals surface area (Å²) in [5.74, 6) is 0. The fourth-order valence-corrected chi connectivity index (χ4v) is 4.15. The van der Waals surface area contributed by atoms with Crippen LogP contribution in [0, 0.1) is 0 Å². The molecule has 7 heteroatoms. The van der Waals surface area contributed by atoms with Crippen LogP contribution >= 0.6 is 27.5 Å². The number of rotatable bonds is 3. The molecule has 0 N–H and O–H groups in total. The van der Waals surface area contributed by atoms with Crippen molar-refractivity contribution in [2.45, 2.75) is 25.5 Å². The van der Waals surface area contributed by atoms with E-state index in [1.807, 2.05) is 53.3 Å². The first-order chi connectivity index (χ1) is 14.2. The second-order valence-electron chi connectivity index (χ2n) is 7.09. The number of hydrogen-bond donors (Lipinski definition) is 0. The van der Waals surface area contributed by atoms with Crippen LogP contribution in [0.5, 0.6) is 0 Å². The molecule has 5 nitrogen and oxygen atoms in total. The van der Waals surface area contributed by atoms with Crippen molar-refractivity contribution in [2.24, 2.45) is 0 Å². The standard InChI is InChI=1S/C22H18BrClN4O/c23-15-11-20-19(25-12-15)8-7-18(26-20)17-13-28(21-6-1-2-9-29-21)27-22(17)14-4-3-5-16(24)10-14/h3-5,7-8,10-13,21H,1-2,6,9H2. The molecular weight excluding hydrogens is 452 g/mol. The normalized spacial score (nSPS) is 17.0. The van der Waals surface area contributed by atoms with Gasteiger partial charge in [0.15, 0.2) is 0 Å². The Balaban J connectivity index is 1.66. The average molecular weight is 470 g/mol. The van der Waals surface area contributed by atoms with Crippen LogP contribution in [0.3, 0.4) is 0 Å². The van der Waals surface area contributed by atoms with E-state index in [1.165, 1.54) is 0 Å². The molecule has 1 atom stereocenters. The van der Waals surface area contributed by atoms with Crippen molar-refractivity contribution in [3.8, 4) is 22.5 Å². The zero-order valence-electron chi connectivity index (χ0n) is 15.6. The van der Waals surface area contributed by atoms with Crippen molar-refractivity contribution < 1.29 is 4.74 Å². The van der Waals surface area contributed by atoms with Crippen LogP contribution in [0.15, 0.2) is 59.3 Å². The lowest BCUT2D eigenvalue weighted by Gasteiger charge is -2.22. The highest BCUT2D eigenvalue weighted by Crippen LogP contribution is 2.34. The first-order valence-corrected chi connectivity index (χ1v) is 10.7. The highest BCUT2D eigenvalue weighted by molar-refractivity contribution is 9.10. The Morgan fingerprint density at radius 1 is 1.10 bits per heavy atom. The number of pyridine rings is 2. The lowest BCUT2D eigenvalue weighted by Crippen LogP contribution is -2.18. The van der Waals surface area contributed by atoms with Gasteiger partial charge >= 0.3 is 0 Å². The number of ether oxygens (including phenoxy) is 1. The molecule has 0 amide bonds. The maximum atomic E-state index is 6.26. The summed E-state index contributed by atoms with van der Waals surface area (Å²) in [6.07, 6.45) is 6.95. The summed E-state index contributed by atoms with van der Waals surface area (Å²) in [5, 5.41) is 5.56. The molecule has 29 heavy (non-hydrogen) atoms. The van der Waals surface area contributed by atoms with E-state index >= 15 is 0 Å². The predicted octanol–water partition coefficient (Wildman–Crippen LogP) is 6.28. The van der Waals surface area contributed by atoms with Gasteiger partial charge in [-0.3, -0.25) is 4.98 Å². The maximum absolute atomic E-state index is 6.26. The van der Waals surface area contributed by atoms with Gasteiger partial charge < -0.3 is 4.74 Å². The topological polar surface area (TPSA) is 52.8 Å². The van der Waals surface area contributed by atoms with Crippen LogP contribution < -0.4 is 0 Å². The van der Waals surface area contributed by atoms with Gasteiger partial charge in [0.25, 0.3) is 0 Å². The first-order valence-electron chi connectivity index (χ1n) is 9.57. The molecule has 1 saturated heterocycles. The summed E-state index contributed by atoms with van der Waals surface area (Å²) in [7, 11) is 0. The molecule has 0 radical (unpaired) electrons. The zero-order valence-corrected chi connectivity index (χ0v) is 17.9. The number of fused-ring (bicyclic) bond motifs is 1. The zero-order chi connectivity index (χ0) is 19.8. The lowest BCUT2D eigenvalue weighted by molar-refractivity contribution is -0.0393. The van der Waals surface area contributed by atoms with Gasteiger partial charge in [0.1, 0.15) is 11.9 Å². The number of hydrogen-bond acceptors (Lipinski definition) is 4. The van der Waals surface area contributed by atoms with Gasteiger partial charge in [0.05, 0.1) is 16.7 Å². The molecular formula is C22H18BrClN4O. The third kappa shape index (κ3) is 3.80. The molecule has 4 heterocycles. The van der Waals surface area contributed by atoms with Crippen LogP contribution in [-0.4, -0.2) is 26.4 Å². The van der Waals surface area contributed by atoms with E-state index in [-0.39, 0.29) is 6.23 Å². The third-order valence-electron chi connectivity index (χ3n) is 5.06. The highest BCUT2D eigenvalue weighted by atomic mass is 79.9. The van der Waals surface area contributed by atoms with E-state index in [2.05, 4.69) is 20.9 Å². The van der Waals surface area contributed by atoms with Crippen LogP contribution in [0.2, 0.25) is 5.02 Å². The second kappa shape index (κ2) is 7.86. The van der Waals surface area contributed by atoms with Crippen LogP contribution in [0.1, 0.15) is 25.5 Å². The largest absolute Gasteiger partial charge is 0.357 e. The molecule has 1 aliphatic rings. The third-order valence-corrected chi connectivity index (χ3v) is 5.73. The van der Waals surface area contributed by atoms with Gasteiger partial charge in [0, 0.05) is 39.6 Å². The van der Waals surface area contributed by atoms with E-state index in [0.29, 0.717) is 5.02 Å². The monoisotopic (exact) mass is 468 g/mol. The number of benzene rings is 1. The summed E-state index contributed by atoms with van der Waals surface area (Å²) < 4.78 is 8.78. The van der Waals surface area contributed by atoms with Gasteiger partial charge in [-0.25, -0.2) is 9.67 Å². The number of nitrogens with zero attached hydrogens (tertiary/aromatic N) is 4. The fourth-order valence-electron chi connectivity index (χ4n) is 3.64. The Morgan fingerprint density at radius 3 is 2.86 bits per heavy atom. The Morgan fingerprint density at radius 2 is 2.03 bits per heavy atom. The van der Waals surface area contributed by atoms with Crippen molar-refractivity contribution in [1.82, 2.24) is 19.7 Å². The van der Waals surface area contributed by atoms with Crippen molar-refractivity contribution in [1.29, 1.82) is 0 Å². The SMILES string of the molecule is Clc1cccc(-c2nn(C3CCCCO3)cc2-c2ccc3ncc(Br)cc3n2)c1. The first kappa shape index (κ1) is 18.7. The predicted molar refractivity (Wildman–Crippen MR) is 118 cm³/mol. The summed E-state index contributed by atoms with van der Waals surface area (Å²) in [6, 6.07) is 13.7. The van der Waals surface area contributed by atoms with Gasteiger partial charge in [-0.15, -0.1) is 0 Å². The summed E-state index contributed by atoms with van der Waals surface area (Å²) in [5.41, 5.74) is 5.27. The molecule has 4 aromatic rings. The molecule has 5 rings (SSSR count). The minimum atomic E-state index is -0.0494. The van der Waals surface area contributed by atoms with Gasteiger partial charge in [0.2, 0.25) is 0 Å². The molecule has 1 aromatic carbocycles.